The van der Waals surface area contributed by atoms with E-state index in [1.54, 1.807) is 6.92 Å². The average Bonchev–Trinajstić information content (AvgIpc) is 2.28. The van der Waals surface area contributed by atoms with E-state index in [4.69, 9.17) is 9.84 Å². The minimum absolute atomic E-state index is 0.0293. The predicted octanol–water partition coefficient (Wildman–Crippen LogP) is 2.32. The monoisotopic (exact) mass is 222 g/mol. The fourth-order valence-electron chi connectivity index (χ4n) is 1.40. The lowest BCUT2D eigenvalue weighted by atomic mass is 10.2. The van der Waals surface area contributed by atoms with Crippen molar-refractivity contribution in [2.24, 2.45) is 0 Å². The number of carbonyl (C=O) groups is 1. The second-order valence-corrected chi connectivity index (χ2v) is 3.81. The summed E-state index contributed by atoms with van der Waals surface area (Å²) >= 11 is 0. The summed E-state index contributed by atoms with van der Waals surface area (Å²) < 4.78 is 5.51. The predicted molar refractivity (Wildman–Crippen MR) is 62.4 cm³/mol. The molecule has 0 atom stereocenters. The third-order valence-corrected chi connectivity index (χ3v) is 2.27. The lowest BCUT2D eigenvalue weighted by Crippen LogP contribution is -1.99. The molecule has 1 aromatic carbocycles. The van der Waals surface area contributed by atoms with E-state index in [1.165, 1.54) is 0 Å². The molecule has 1 N–H and O–H groups in total. The normalized spacial score (nSPS) is 10.1. The van der Waals surface area contributed by atoms with Crippen LogP contribution in [0.15, 0.2) is 24.3 Å². The van der Waals surface area contributed by atoms with E-state index in [1.807, 2.05) is 24.3 Å². The first-order valence-electron chi connectivity index (χ1n) is 5.54. The van der Waals surface area contributed by atoms with Crippen LogP contribution in [-0.4, -0.2) is 17.5 Å². The van der Waals surface area contributed by atoms with Crippen LogP contribution in [0.5, 0.6) is 5.75 Å². The number of hydrogen-bond donors (Lipinski definition) is 1. The summed E-state index contributed by atoms with van der Waals surface area (Å²) in [5, 5.41) is 8.94. The molecule has 0 aliphatic rings. The molecule has 0 unspecified atom stereocenters. The second kappa shape index (κ2) is 7.01. The summed E-state index contributed by atoms with van der Waals surface area (Å²) in [6.45, 7) is 2.25. The quantitative estimate of drug-likeness (QED) is 0.720. The Hall–Kier alpha value is -1.35. The molecule has 0 saturated carbocycles. The molecule has 88 valence electrons. The molecule has 1 aromatic rings. The highest BCUT2D eigenvalue weighted by molar-refractivity contribution is 5.75. The maximum atomic E-state index is 10.7. The Bertz CT molecular complexity index is 334. The van der Waals surface area contributed by atoms with Gasteiger partial charge in [0.1, 0.15) is 11.5 Å². The van der Waals surface area contributed by atoms with Crippen LogP contribution in [0.3, 0.4) is 0 Å². The smallest absolute Gasteiger partial charge is 0.129 e. The van der Waals surface area contributed by atoms with E-state index in [2.05, 4.69) is 0 Å². The van der Waals surface area contributed by atoms with E-state index in [0.29, 0.717) is 13.0 Å². The van der Waals surface area contributed by atoms with Gasteiger partial charge in [-0.15, -0.1) is 0 Å². The minimum Gasteiger partial charge on any atom is -0.494 e. The number of Topliss-reactive ketones (excluding diaryl/α,β-unsaturated/α-hetero) is 1. The molecule has 0 amide bonds. The van der Waals surface area contributed by atoms with Gasteiger partial charge in [-0.05, 0) is 37.5 Å². The van der Waals surface area contributed by atoms with Gasteiger partial charge in [-0.1, -0.05) is 12.1 Å². The maximum Gasteiger partial charge on any atom is 0.129 e. The average molecular weight is 222 g/mol. The van der Waals surface area contributed by atoms with Crippen molar-refractivity contribution in [1.82, 2.24) is 0 Å². The molecule has 0 bridgehead atoms. The molecule has 0 radical (unpaired) electrons. The number of carbonyl (C=O) groups excluding carboxylic acids is 1. The standard InChI is InChI=1S/C13H18O3/c1-11(15)5-2-3-8-16-13-7-4-6-12(9-13)10-14/h4,6-7,9,14H,2-3,5,8,10H2,1H3. The van der Waals surface area contributed by atoms with Crippen molar-refractivity contribution in [3.63, 3.8) is 0 Å². The summed E-state index contributed by atoms with van der Waals surface area (Å²) in [4.78, 5) is 10.7. The van der Waals surface area contributed by atoms with Crippen molar-refractivity contribution in [3.05, 3.63) is 29.8 Å². The summed E-state index contributed by atoms with van der Waals surface area (Å²) in [5.41, 5.74) is 0.848. The first-order valence-corrected chi connectivity index (χ1v) is 5.54. The van der Waals surface area contributed by atoms with Gasteiger partial charge in [0.15, 0.2) is 0 Å². The van der Waals surface area contributed by atoms with Crippen LogP contribution in [-0.2, 0) is 11.4 Å². The number of unbranched alkanes of at least 4 members (excludes halogenated alkanes) is 1. The highest BCUT2D eigenvalue weighted by Crippen LogP contribution is 2.13. The van der Waals surface area contributed by atoms with Gasteiger partial charge in [0.05, 0.1) is 13.2 Å². The SMILES string of the molecule is CC(=O)CCCCOc1cccc(CO)c1. The van der Waals surface area contributed by atoms with E-state index < -0.39 is 0 Å². The first-order chi connectivity index (χ1) is 7.72. The molecule has 3 heteroatoms. The fraction of sp³-hybridized carbons (Fsp3) is 0.462. The second-order valence-electron chi connectivity index (χ2n) is 3.81. The van der Waals surface area contributed by atoms with Gasteiger partial charge >= 0.3 is 0 Å². The maximum absolute atomic E-state index is 10.7. The van der Waals surface area contributed by atoms with Crippen LogP contribution >= 0.6 is 0 Å². The van der Waals surface area contributed by atoms with Crippen LogP contribution < -0.4 is 4.74 Å². The van der Waals surface area contributed by atoms with Crippen molar-refractivity contribution in [3.8, 4) is 5.75 Å². The van der Waals surface area contributed by atoms with Crippen molar-refractivity contribution in [2.75, 3.05) is 6.61 Å². The van der Waals surface area contributed by atoms with Crippen LogP contribution in [0.4, 0.5) is 0 Å². The molecule has 16 heavy (non-hydrogen) atoms. The Morgan fingerprint density at radius 3 is 2.88 bits per heavy atom. The lowest BCUT2D eigenvalue weighted by Gasteiger charge is -2.06. The molecule has 0 aliphatic carbocycles. The Labute approximate surface area is 96.1 Å². The van der Waals surface area contributed by atoms with Crippen molar-refractivity contribution in [1.29, 1.82) is 0 Å². The third kappa shape index (κ3) is 4.94. The number of ketones is 1. The first kappa shape index (κ1) is 12.7. The topological polar surface area (TPSA) is 46.5 Å². The number of aliphatic hydroxyl groups excluding tert-OH is 1. The van der Waals surface area contributed by atoms with Gasteiger partial charge in [0.2, 0.25) is 0 Å². The highest BCUT2D eigenvalue weighted by Gasteiger charge is 1.97. The molecule has 0 spiro atoms. The van der Waals surface area contributed by atoms with Gasteiger partial charge in [0.25, 0.3) is 0 Å². The molecule has 0 heterocycles. The van der Waals surface area contributed by atoms with Gasteiger partial charge in [-0.3, -0.25) is 0 Å². The number of benzene rings is 1. The van der Waals surface area contributed by atoms with Crippen LogP contribution in [0.1, 0.15) is 31.7 Å². The zero-order valence-electron chi connectivity index (χ0n) is 9.61. The molecule has 0 aliphatic heterocycles. The fourth-order valence-corrected chi connectivity index (χ4v) is 1.40. The van der Waals surface area contributed by atoms with E-state index >= 15 is 0 Å². The zero-order valence-corrected chi connectivity index (χ0v) is 9.61. The number of hydrogen-bond acceptors (Lipinski definition) is 3. The highest BCUT2D eigenvalue weighted by atomic mass is 16.5. The third-order valence-electron chi connectivity index (χ3n) is 2.27. The lowest BCUT2D eigenvalue weighted by molar-refractivity contribution is -0.117. The van der Waals surface area contributed by atoms with Crippen molar-refractivity contribution >= 4 is 5.78 Å². The number of aliphatic hydroxyl groups is 1. The molecule has 0 saturated heterocycles. The van der Waals surface area contributed by atoms with E-state index in [0.717, 1.165) is 24.2 Å². The summed E-state index contributed by atoms with van der Waals surface area (Å²) in [7, 11) is 0. The van der Waals surface area contributed by atoms with Gasteiger partial charge in [-0.25, -0.2) is 0 Å². The van der Waals surface area contributed by atoms with Crippen molar-refractivity contribution in [2.45, 2.75) is 32.8 Å². The number of rotatable bonds is 7. The van der Waals surface area contributed by atoms with Crippen LogP contribution in [0.25, 0.3) is 0 Å². The Balaban J connectivity index is 2.23. The summed E-state index contributed by atoms with van der Waals surface area (Å²) in [6, 6.07) is 7.40. The van der Waals surface area contributed by atoms with Gasteiger partial charge in [-0.2, -0.15) is 0 Å². The molecule has 0 aromatic heterocycles. The summed E-state index contributed by atoms with van der Waals surface area (Å²) in [5.74, 6) is 0.997. The summed E-state index contributed by atoms with van der Waals surface area (Å²) in [6.07, 6.45) is 2.37. The minimum atomic E-state index is 0.0293. The molecular formula is C13H18O3. The van der Waals surface area contributed by atoms with E-state index in [-0.39, 0.29) is 12.4 Å². The zero-order chi connectivity index (χ0) is 11.8. The molecule has 1 rings (SSSR count). The molecule has 3 nitrogen and oxygen atoms in total. The van der Waals surface area contributed by atoms with Crippen molar-refractivity contribution < 1.29 is 14.6 Å². The number of ether oxygens (including phenoxy) is 1. The van der Waals surface area contributed by atoms with Crippen LogP contribution in [0.2, 0.25) is 0 Å². The van der Waals surface area contributed by atoms with Gasteiger partial charge < -0.3 is 14.6 Å². The van der Waals surface area contributed by atoms with E-state index in [9.17, 15) is 4.79 Å². The largest absolute Gasteiger partial charge is 0.494 e. The van der Waals surface area contributed by atoms with Gasteiger partial charge in [0, 0.05) is 6.42 Å². The molecule has 0 fully saturated rings. The Kier molecular flexibility index (Phi) is 5.57. The van der Waals surface area contributed by atoms with Crippen LogP contribution in [0, 0.1) is 0 Å². The molecular weight excluding hydrogens is 204 g/mol. The Morgan fingerprint density at radius 2 is 2.19 bits per heavy atom. The Morgan fingerprint density at radius 1 is 1.38 bits per heavy atom.